The summed E-state index contributed by atoms with van der Waals surface area (Å²) < 4.78 is 0. The fourth-order valence-electron chi connectivity index (χ4n) is 7.34. The van der Waals surface area contributed by atoms with Gasteiger partial charge in [-0.3, -0.25) is 24.0 Å². The van der Waals surface area contributed by atoms with E-state index in [1.54, 1.807) is 19.0 Å². The van der Waals surface area contributed by atoms with Crippen molar-refractivity contribution in [2.75, 3.05) is 27.2 Å². The Morgan fingerprint density at radius 1 is 0.887 bits per heavy atom. The Bertz CT molecular complexity index is 1470. The van der Waals surface area contributed by atoms with Gasteiger partial charge >= 0.3 is 6.03 Å². The molecule has 4 atom stereocenters. The molecule has 2 saturated carbocycles. The zero-order valence-corrected chi connectivity index (χ0v) is 32.3. The third-order valence-electron chi connectivity index (χ3n) is 11.1. The molecule has 4 unspecified atom stereocenters. The Hall–Kier alpha value is -4.42. The van der Waals surface area contributed by atoms with E-state index in [2.05, 4.69) is 33.2 Å². The highest BCUT2D eigenvalue weighted by Crippen LogP contribution is 2.32. The number of nitrogens with one attached hydrogen (secondary N) is 5. The number of likely N-dealkylation sites (tertiary alicyclic amines) is 1. The van der Waals surface area contributed by atoms with Crippen molar-refractivity contribution in [2.45, 2.75) is 128 Å². The molecule has 2 aliphatic carbocycles. The second kappa shape index (κ2) is 19.1. The van der Waals surface area contributed by atoms with Gasteiger partial charge in [-0.15, -0.1) is 0 Å². The van der Waals surface area contributed by atoms with Gasteiger partial charge in [-0.05, 0) is 69.8 Å². The van der Waals surface area contributed by atoms with Gasteiger partial charge in [0.15, 0.2) is 0 Å². The van der Waals surface area contributed by atoms with Crippen LogP contribution in [0.5, 0.6) is 0 Å². The number of amides is 6. The third-order valence-corrected chi connectivity index (χ3v) is 11.1. The van der Waals surface area contributed by atoms with Crippen molar-refractivity contribution in [3.05, 3.63) is 48.2 Å². The number of nitrogens with zero attached hydrogens (tertiary/aromatic N) is 2. The minimum absolute atomic E-state index is 0.0408. The largest absolute Gasteiger partial charge is 0.372 e. The molecular formula is C40H61N7O6. The van der Waals surface area contributed by atoms with Crippen molar-refractivity contribution < 1.29 is 28.8 Å². The van der Waals surface area contributed by atoms with Gasteiger partial charge in [0.05, 0.1) is 12.6 Å². The van der Waals surface area contributed by atoms with E-state index in [0.29, 0.717) is 37.9 Å². The lowest BCUT2D eigenvalue weighted by atomic mass is 9.80. The van der Waals surface area contributed by atoms with Crippen LogP contribution in [0.25, 0.3) is 0 Å². The molecule has 1 aromatic rings. The number of carbonyl (C=O) groups excluding carboxylic acids is 6. The summed E-state index contributed by atoms with van der Waals surface area (Å²) in [7, 11) is 3.31. The molecule has 13 heteroatoms. The lowest BCUT2D eigenvalue weighted by molar-refractivity contribution is -0.143. The molecule has 6 amide bonds. The van der Waals surface area contributed by atoms with Crippen LogP contribution in [-0.4, -0.2) is 96.1 Å². The number of hydrogen-bond acceptors (Lipinski definition) is 7. The molecule has 13 nitrogen and oxygen atoms in total. The van der Waals surface area contributed by atoms with Crippen LogP contribution in [0.2, 0.25) is 0 Å². The van der Waals surface area contributed by atoms with Crippen LogP contribution in [0.15, 0.2) is 42.6 Å². The van der Waals surface area contributed by atoms with Crippen LogP contribution >= 0.6 is 0 Å². The second-order valence-corrected chi connectivity index (χ2v) is 15.9. The van der Waals surface area contributed by atoms with Gasteiger partial charge in [-0.2, -0.15) is 0 Å². The Morgan fingerprint density at radius 2 is 1.57 bits per heavy atom. The van der Waals surface area contributed by atoms with Crippen LogP contribution in [-0.2, 0) is 24.0 Å². The predicted octanol–water partition coefficient (Wildman–Crippen LogP) is 3.71. The topological polar surface area (TPSA) is 169 Å². The number of carbonyl (C=O) groups is 6. The van der Waals surface area contributed by atoms with Gasteiger partial charge in [0.2, 0.25) is 23.5 Å². The molecule has 0 bridgehead atoms. The fourth-order valence-corrected chi connectivity index (χ4v) is 7.34. The fraction of sp³-hybridized carbons (Fsp3) is 0.650. The number of urea groups is 1. The average molecular weight is 736 g/mol. The standard InChI is InChI=1S/C40H61N7O6/c1-7-40(3,4)45-39(53)44-33(29-20-12-9-13-21-29)38(52)47-23-15-22-31(47)35(49)43-30(24-27-16-14-17-27)34(48)36(50)41-25-26(2)42-32(37(51)46(5)6)28-18-10-8-11-19-28/h8,10-11,18-19,27,29-33,42H,2,7,9,12-17,20-25H2,1,3-6H3,(H,41,50)(H,43,49)(H2,44,45,53). The number of ketones is 1. The molecule has 0 spiro atoms. The van der Waals surface area contributed by atoms with Crippen LogP contribution in [0, 0.1) is 11.8 Å². The number of benzene rings is 1. The van der Waals surface area contributed by atoms with E-state index in [4.69, 9.17) is 0 Å². The highest BCUT2D eigenvalue weighted by molar-refractivity contribution is 6.38. The van der Waals surface area contributed by atoms with Gasteiger partial charge in [-0.25, -0.2) is 4.79 Å². The van der Waals surface area contributed by atoms with E-state index in [-0.39, 0.29) is 30.2 Å². The van der Waals surface area contributed by atoms with E-state index in [0.717, 1.165) is 56.9 Å². The average Bonchev–Trinajstić information content (AvgIpc) is 3.63. The molecule has 1 heterocycles. The molecule has 1 saturated heterocycles. The monoisotopic (exact) mass is 735 g/mol. The Kier molecular flexibility index (Phi) is 14.9. The number of rotatable bonds is 17. The molecule has 1 aromatic carbocycles. The van der Waals surface area contributed by atoms with E-state index in [9.17, 15) is 28.8 Å². The Balaban J connectivity index is 1.42. The molecule has 4 rings (SSSR count). The zero-order chi connectivity index (χ0) is 38.7. The summed E-state index contributed by atoms with van der Waals surface area (Å²) in [5, 5.41) is 14.5. The van der Waals surface area contributed by atoms with Crippen molar-refractivity contribution in [1.29, 1.82) is 0 Å². The summed E-state index contributed by atoms with van der Waals surface area (Å²) in [5.41, 5.74) is 0.610. The summed E-state index contributed by atoms with van der Waals surface area (Å²) in [5.74, 6) is -2.44. The summed E-state index contributed by atoms with van der Waals surface area (Å²) >= 11 is 0. The van der Waals surface area contributed by atoms with Crippen molar-refractivity contribution in [1.82, 2.24) is 36.4 Å². The molecule has 3 aliphatic rings. The van der Waals surface area contributed by atoms with Crippen LogP contribution in [0.1, 0.15) is 109 Å². The first kappa shape index (κ1) is 41.3. The Morgan fingerprint density at radius 3 is 2.17 bits per heavy atom. The second-order valence-electron chi connectivity index (χ2n) is 15.9. The molecule has 292 valence electrons. The van der Waals surface area contributed by atoms with Crippen LogP contribution < -0.4 is 26.6 Å². The molecule has 1 aliphatic heterocycles. The summed E-state index contributed by atoms with van der Waals surface area (Å²) in [6, 6.07) is 5.34. The van der Waals surface area contributed by atoms with Gasteiger partial charge in [-0.1, -0.05) is 82.4 Å². The van der Waals surface area contributed by atoms with Gasteiger partial charge < -0.3 is 36.4 Å². The maximum Gasteiger partial charge on any atom is 0.315 e. The van der Waals surface area contributed by atoms with Crippen molar-refractivity contribution in [3.8, 4) is 0 Å². The first-order valence-corrected chi connectivity index (χ1v) is 19.4. The maximum atomic E-state index is 14.2. The lowest BCUT2D eigenvalue weighted by Crippen LogP contribution is -2.60. The van der Waals surface area contributed by atoms with E-state index < -0.39 is 53.3 Å². The minimum atomic E-state index is -1.06. The van der Waals surface area contributed by atoms with E-state index in [1.807, 2.05) is 51.1 Å². The number of Topliss-reactive ketones (excluding diaryl/α,β-unsaturated/α-hetero) is 1. The summed E-state index contributed by atoms with van der Waals surface area (Å²) in [6.07, 6.45) is 9.55. The van der Waals surface area contributed by atoms with Crippen LogP contribution in [0.4, 0.5) is 4.79 Å². The van der Waals surface area contributed by atoms with Crippen molar-refractivity contribution in [2.24, 2.45) is 11.8 Å². The lowest BCUT2D eigenvalue weighted by Gasteiger charge is -2.36. The minimum Gasteiger partial charge on any atom is -0.372 e. The van der Waals surface area contributed by atoms with E-state index >= 15 is 0 Å². The van der Waals surface area contributed by atoms with Gasteiger partial charge in [0, 0.05) is 31.9 Å². The van der Waals surface area contributed by atoms with Crippen molar-refractivity contribution >= 4 is 35.4 Å². The maximum absolute atomic E-state index is 14.2. The quantitative estimate of drug-likeness (QED) is 0.152. The summed E-state index contributed by atoms with van der Waals surface area (Å²) in [6.45, 7) is 10.1. The molecule has 53 heavy (non-hydrogen) atoms. The highest BCUT2D eigenvalue weighted by atomic mass is 16.2. The third kappa shape index (κ3) is 11.5. The normalized spacial score (nSPS) is 19.5. The number of likely N-dealkylation sites (N-methyl/N-ethyl adjacent to an activating group) is 1. The smallest absolute Gasteiger partial charge is 0.315 e. The SMILES string of the molecule is C=C(CNC(=O)C(=O)C(CC1CCC1)NC(=O)C1CCCN1C(=O)C(NC(=O)NC(C)(C)CC)C1CCCCC1)NC(C(=O)N(C)C)c1ccccc1. The van der Waals surface area contributed by atoms with Crippen molar-refractivity contribution in [3.63, 3.8) is 0 Å². The predicted molar refractivity (Wildman–Crippen MR) is 203 cm³/mol. The Labute approximate surface area is 314 Å². The first-order valence-electron chi connectivity index (χ1n) is 19.4. The van der Waals surface area contributed by atoms with Gasteiger partial charge in [0.25, 0.3) is 5.91 Å². The molecule has 5 N–H and O–H groups in total. The highest BCUT2D eigenvalue weighted by Gasteiger charge is 2.42. The molecule has 0 aromatic heterocycles. The zero-order valence-electron chi connectivity index (χ0n) is 32.3. The number of hydrogen-bond donors (Lipinski definition) is 5. The van der Waals surface area contributed by atoms with E-state index in [1.165, 1.54) is 4.90 Å². The first-order chi connectivity index (χ1) is 25.2. The molecule has 3 fully saturated rings. The van der Waals surface area contributed by atoms with Crippen LogP contribution in [0.3, 0.4) is 0 Å². The molecule has 0 radical (unpaired) electrons. The molecular weight excluding hydrogens is 674 g/mol. The summed E-state index contributed by atoms with van der Waals surface area (Å²) in [4.78, 5) is 84.1. The van der Waals surface area contributed by atoms with Gasteiger partial charge in [0.1, 0.15) is 18.1 Å².